The van der Waals surface area contributed by atoms with Crippen LogP contribution in [-0.4, -0.2) is 48.9 Å². The maximum atomic E-state index is 12.7. The van der Waals surface area contributed by atoms with E-state index in [9.17, 15) is 14.4 Å². The first-order valence-electron chi connectivity index (χ1n) is 9.72. The summed E-state index contributed by atoms with van der Waals surface area (Å²) in [5.41, 5.74) is 1.89. The van der Waals surface area contributed by atoms with Gasteiger partial charge in [0.15, 0.2) is 0 Å². The van der Waals surface area contributed by atoms with Crippen LogP contribution in [0.1, 0.15) is 49.5 Å². The van der Waals surface area contributed by atoms with Gasteiger partial charge in [-0.25, -0.2) is 0 Å². The van der Waals surface area contributed by atoms with E-state index in [0.29, 0.717) is 34.5 Å². The van der Waals surface area contributed by atoms with Gasteiger partial charge in [0.25, 0.3) is 17.7 Å². The highest BCUT2D eigenvalue weighted by atomic mass is 35.5. The lowest BCUT2D eigenvalue weighted by atomic mass is 10.1. The summed E-state index contributed by atoms with van der Waals surface area (Å²) in [6, 6.07) is 12.2. The number of benzene rings is 2. The van der Waals surface area contributed by atoms with Crippen molar-refractivity contribution in [2.24, 2.45) is 0 Å². The zero-order valence-corrected chi connectivity index (χ0v) is 17.5. The van der Waals surface area contributed by atoms with Crippen LogP contribution in [0.5, 0.6) is 5.75 Å². The number of methoxy groups -OCH3 is 1. The van der Waals surface area contributed by atoms with E-state index in [4.69, 9.17) is 4.74 Å². The Hall–Kier alpha value is -2.90. The molecule has 30 heavy (non-hydrogen) atoms. The van der Waals surface area contributed by atoms with Crippen LogP contribution in [0.3, 0.4) is 0 Å². The van der Waals surface area contributed by atoms with E-state index in [1.165, 1.54) is 12.0 Å². The number of fused-ring (bicyclic) bond motifs is 1. The Balaban J connectivity index is 0.00000256. The highest BCUT2D eigenvalue weighted by molar-refractivity contribution is 6.21. The number of carbonyl (C=O) groups is 3. The van der Waals surface area contributed by atoms with Gasteiger partial charge in [0.1, 0.15) is 5.75 Å². The number of halogens is 1. The van der Waals surface area contributed by atoms with Gasteiger partial charge >= 0.3 is 0 Å². The molecule has 7 nitrogen and oxygen atoms in total. The van der Waals surface area contributed by atoms with Crippen molar-refractivity contribution in [2.75, 3.05) is 20.2 Å². The van der Waals surface area contributed by atoms with Gasteiger partial charge in [0.05, 0.1) is 30.3 Å². The zero-order valence-electron chi connectivity index (χ0n) is 16.6. The van der Waals surface area contributed by atoms with E-state index >= 15 is 0 Å². The molecule has 0 spiro atoms. The summed E-state index contributed by atoms with van der Waals surface area (Å²) >= 11 is 0. The van der Waals surface area contributed by atoms with Gasteiger partial charge in [-0.1, -0.05) is 18.2 Å². The second kappa shape index (κ2) is 9.28. The Morgan fingerprint density at radius 3 is 2.47 bits per heavy atom. The topological polar surface area (TPSA) is 87.7 Å². The standard InChI is InChI=1S/C22H23N3O4.ClH/c1-29-19-9-8-14(11-18(19)20(26)24-12-15-5-4-10-23-15)13-25-21(27)16-6-2-3-7-17(16)22(25)28;/h2-3,6-9,11,15,23H,4-5,10,12-13H2,1H3,(H,24,26);1H. The molecule has 2 aromatic carbocycles. The number of nitrogens with one attached hydrogen (secondary N) is 2. The van der Waals surface area contributed by atoms with Crippen molar-refractivity contribution in [3.8, 4) is 5.75 Å². The molecule has 0 bridgehead atoms. The second-order valence-electron chi connectivity index (χ2n) is 7.28. The quantitative estimate of drug-likeness (QED) is 0.688. The van der Waals surface area contributed by atoms with Crippen LogP contribution in [0.15, 0.2) is 42.5 Å². The van der Waals surface area contributed by atoms with E-state index in [2.05, 4.69) is 10.6 Å². The van der Waals surface area contributed by atoms with Gasteiger partial charge in [-0.15, -0.1) is 12.4 Å². The van der Waals surface area contributed by atoms with Crippen molar-refractivity contribution in [1.29, 1.82) is 0 Å². The molecule has 3 amide bonds. The molecule has 0 radical (unpaired) electrons. The molecule has 8 heteroatoms. The Kier molecular flexibility index (Phi) is 6.74. The van der Waals surface area contributed by atoms with Crippen LogP contribution >= 0.6 is 12.4 Å². The van der Waals surface area contributed by atoms with Crippen LogP contribution in [0, 0.1) is 0 Å². The lowest BCUT2D eigenvalue weighted by Crippen LogP contribution is -2.37. The molecule has 2 aliphatic rings. The summed E-state index contributed by atoms with van der Waals surface area (Å²) in [4.78, 5) is 39.1. The van der Waals surface area contributed by atoms with Gasteiger partial charge in [-0.05, 0) is 49.2 Å². The summed E-state index contributed by atoms with van der Waals surface area (Å²) in [7, 11) is 1.51. The number of imide groups is 1. The molecular formula is C22H24ClN3O4. The van der Waals surface area contributed by atoms with E-state index in [0.717, 1.165) is 19.4 Å². The zero-order chi connectivity index (χ0) is 20.4. The molecule has 4 rings (SSSR count). The molecule has 1 saturated heterocycles. The number of carbonyl (C=O) groups excluding carboxylic acids is 3. The van der Waals surface area contributed by atoms with Crippen molar-refractivity contribution >= 4 is 30.1 Å². The van der Waals surface area contributed by atoms with Gasteiger partial charge in [-0.3, -0.25) is 19.3 Å². The number of hydrogen-bond acceptors (Lipinski definition) is 5. The maximum Gasteiger partial charge on any atom is 0.261 e. The molecule has 1 unspecified atom stereocenters. The Morgan fingerprint density at radius 1 is 1.17 bits per heavy atom. The largest absolute Gasteiger partial charge is 0.496 e. The summed E-state index contributed by atoms with van der Waals surface area (Å²) in [5.74, 6) is -0.424. The van der Waals surface area contributed by atoms with Crippen molar-refractivity contribution in [3.63, 3.8) is 0 Å². The van der Waals surface area contributed by atoms with E-state index in [-0.39, 0.29) is 42.7 Å². The van der Waals surface area contributed by atoms with Crippen molar-refractivity contribution in [1.82, 2.24) is 15.5 Å². The number of amides is 3. The first-order chi connectivity index (χ1) is 14.1. The number of hydrogen-bond donors (Lipinski definition) is 2. The highest BCUT2D eigenvalue weighted by Crippen LogP contribution is 2.26. The summed E-state index contributed by atoms with van der Waals surface area (Å²) < 4.78 is 5.33. The average Bonchev–Trinajstić information content (AvgIpc) is 3.35. The predicted molar refractivity (Wildman–Crippen MR) is 114 cm³/mol. The summed E-state index contributed by atoms with van der Waals surface area (Å²) in [5, 5.41) is 6.28. The number of ether oxygens (including phenoxy) is 1. The molecule has 1 atom stereocenters. The third kappa shape index (κ3) is 4.17. The fourth-order valence-corrected chi connectivity index (χ4v) is 3.84. The smallest absolute Gasteiger partial charge is 0.261 e. The minimum atomic E-state index is -0.320. The van der Waals surface area contributed by atoms with E-state index in [1.54, 1.807) is 42.5 Å². The van der Waals surface area contributed by atoms with Crippen LogP contribution in [0.2, 0.25) is 0 Å². The normalized spacial score (nSPS) is 17.5. The molecule has 158 valence electrons. The lowest BCUT2D eigenvalue weighted by molar-refractivity contribution is 0.0642. The van der Waals surface area contributed by atoms with Crippen LogP contribution in [-0.2, 0) is 6.54 Å². The summed E-state index contributed by atoms with van der Waals surface area (Å²) in [6.45, 7) is 1.62. The second-order valence-corrected chi connectivity index (χ2v) is 7.28. The van der Waals surface area contributed by atoms with Gasteiger partial charge in [-0.2, -0.15) is 0 Å². The molecule has 2 aromatic rings. The first kappa shape index (κ1) is 21.8. The van der Waals surface area contributed by atoms with Gasteiger partial charge < -0.3 is 15.4 Å². The molecule has 0 aromatic heterocycles. The predicted octanol–water partition coefficient (Wildman–Crippen LogP) is 2.40. The Bertz CT molecular complexity index is 938. The van der Waals surface area contributed by atoms with Crippen LogP contribution < -0.4 is 15.4 Å². The third-order valence-corrected chi connectivity index (χ3v) is 5.40. The van der Waals surface area contributed by atoms with Gasteiger partial charge in [0.2, 0.25) is 0 Å². The Morgan fingerprint density at radius 2 is 1.87 bits per heavy atom. The number of nitrogens with zero attached hydrogens (tertiary/aromatic N) is 1. The first-order valence-corrected chi connectivity index (χ1v) is 9.72. The van der Waals surface area contributed by atoms with E-state index in [1.807, 2.05) is 0 Å². The SMILES string of the molecule is COc1ccc(CN2C(=O)c3ccccc3C2=O)cc1C(=O)NCC1CCCN1.Cl. The highest BCUT2D eigenvalue weighted by Gasteiger charge is 2.35. The fourth-order valence-electron chi connectivity index (χ4n) is 3.84. The molecule has 0 aliphatic carbocycles. The molecular weight excluding hydrogens is 406 g/mol. The molecule has 1 fully saturated rings. The maximum absolute atomic E-state index is 12.7. The molecule has 2 aliphatic heterocycles. The number of rotatable bonds is 6. The minimum Gasteiger partial charge on any atom is -0.496 e. The van der Waals surface area contributed by atoms with Gasteiger partial charge in [0, 0.05) is 12.6 Å². The Labute approximate surface area is 181 Å². The van der Waals surface area contributed by atoms with Crippen molar-refractivity contribution in [2.45, 2.75) is 25.4 Å². The molecule has 2 N–H and O–H groups in total. The summed E-state index contributed by atoms with van der Waals surface area (Å²) in [6.07, 6.45) is 2.15. The van der Waals surface area contributed by atoms with Crippen LogP contribution in [0.4, 0.5) is 0 Å². The van der Waals surface area contributed by atoms with E-state index < -0.39 is 0 Å². The van der Waals surface area contributed by atoms with Crippen LogP contribution in [0.25, 0.3) is 0 Å². The minimum absolute atomic E-state index is 0. The molecule has 0 saturated carbocycles. The molecule has 2 heterocycles. The monoisotopic (exact) mass is 429 g/mol. The third-order valence-electron chi connectivity index (χ3n) is 5.40. The average molecular weight is 430 g/mol. The fraction of sp³-hybridized carbons (Fsp3) is 0.318. The van der Waals surface area contributed by atoms with Crippen molar-refractivity contribution in [3.05, 3.63) is 64.7 Å². The lowest BCUT2D eigenvalue weighted by Gasteiger charge is -2.17. The van der Waals surface area contributed by atoms with Crippen molar-refractivity contribution < 1.29 is 19.1 Å².